The standard InChI is InChI=1S/C18H28FNO/c1-3-20-18(14-9-7-5-4-6-8-10-14)16-12-11-15(21-2)13-17(16)19/h11-14,18,20H,3-10H2,1-2H3. The number of hydrogen-bond donors (Lipinski definition) is 1. The van der Waals surface area contributed by atoms with Gasteiger partial charge in [0, 0.05) is 17.7 Å². The molecule has 1 unspecified atom stereocenters. The molecule has 0 heterocycles. The summed E-state index contributed by atoms with van der Waals surface area (Å²) < 4.78 is 19.5. The molecule has 1 aromatic carbocycles. The van der Waals surface area contributed by atoms with Gasteiger partial charge in [0.25, 0.3) is 0 Å². The maximum Gasteiger partial charge on any atom is 0.131 e. The minimum atomic E-state index is -0.151. The van der Waals surface area contributed by atoms with Crippen LogP contribution in [0.5, 0.6) is 5.75 Å². The highest BCUT2D eigenvalue weighted by molar-refractivity contribution is 5.31. The highest BCUT2D eigenvalue weighted by Crippen LogP contribution is 2.34. The lowest BCUT2D eigenvalue weighted by Gasteiger charge is -2.30. The van der Waals surface area contributed by atoms with Crippen molar-refractivity contribution in [2.45, 2.75) is 57.9 Å². The van der Waals surface area contributed by atoms with Gasteiger partial charge < -0.3 is 10.1 Å². The Balaban J connectivity index is 2.20. The van der Waals surface area contributed by atoms with Gasteiger partial charge in [0.2, 0.25) is 0 Å². The van der Waals surface area contributed by atoms with Crippen LogP contribution < -0.4 is 10.1 Å². The van der Waals surface area contributed by atoms with E-state index < -0.39 is 0 Å². The van der Waals surface area contributed by atoms with Gasteiger partial charge in [0.05, 0.1) is 7.11 Å². The van der Waals surface area contributed by atoms with E-state index in [1.807, 2.05) is 12.1 Å². The van der Waals surface area contributed by atoms with Crippen LogP contribution in [0.25, 0.3) is 0 Å². The summed E-state index contributed by atoms with van der Waals surface area (Å²) in [6.07, 6.45) is 8.93. The summed E-state index contributed by atoms with van der Waals surface area (Å²) in [5, 5.41) is 3.51. The topological polar surface area (TPSA) is 21.3 Å². The molecular weight excluding hydrogens is 265 g/mol. The monoisotopic (exact) mass is 293 g/mol. The summed E-state index contributed by atoms with van der Waals surface area (Å²) in [4.78, 5) is 0. The zero-order valence-electron chi connectivity index (χ0n) is 13.3. The fourth-order valence-electron chi connectivity index (χ4n) is 3.46. The minimum Gasteiger partial charge on any atom is -0.497 e. The van der Waals surface area contributed by atoms with Crippen molar-refractivity contribution in [2.24, 2.45) is 5.92 Å². The Morgan fingerprint density at radius 2 is 1.86 bits per heavy atom. The van der Waals surface area contributed by atoms with Gasteiger partial charge in [0.1, 0.15) is 11.6 Å². The Labute approximate surface area is 128 Å². The number of methoxy groups -OCH3 is 1. The molecule has 0 bridgehead atoms. The van der Waals surface area contributed by atoms with Gasteiger partial charge >= 0.3 is 0 Å². The second kappa shape index (κ2) is 8.38. The van der Waals surface area contributed by atoms with Crippen LogP contribution in [0.3, 0.4) is 0 Å². The van der Waals surface area contributed by atoms with Crippen molar-refractivity contribution in [3.8, 4) is 5.75 Å². The summed E-state index contributed by atoms with van der Waals surface area (Å²) in [5.41, 5.74) is 0.795. The highest BCUT2D eigenvalue weighted by Gasteiger charge is 2.25. The molecule has 0 radical (unpaired) electrons. The average molecular weight is 293 g/mol. The molecule has 1 saturated carbocycles. The third-order valence-corrected chi connectivity index (χ3v) is 4.59. The van der Waals surface area contributed by atoms with Crippen molar-refractivity contribution in [1.29, 1.82) is 0 Å². The van der Waals surface area contributed by atoms with Crippen LogP contribution in [0.4, 0.5) is 4.39 Å². The lowest BCUT2D eigenvalue weighted by atomic mass is 9.82. The highest BCUT2D eigenvalue weighted by atomic mass is 19.1. The first-order valence-corrected chi connectivity index (χ1v) is 8.33. The maximum absolute atomic E-state index is 14.4. The van der Waals surface area contributed by atoms with Gasteiger partial charge in [-0.25, -0.2) is 4.39 Å². The van der Waals surface area contributed by atoms with Crippen molar-refractivity contribution in [1.82, 2.24) is 5.32 Å². The molecule has 1 aromatic rings. The normalized spacial score (nSPS) is 18.8. The Kier molecular flexibility index (Phi) is 6.50. The Morgan fingerprint density at radius 3 is 2.43 bits per heavy atom. The molecule has 0 aromatic heterocycles. The second-order valence-corrected chi connectivity index (χ2v) is 6.03. The van der Waals surface area contributed by atoms with Crippen molar-refractivity contribution in [3.63, 3.8) is 0 Å². The third-order valence-electron chi connectivity index (χ3n) is 4.59. The first-order valence-electron chi connectivity index (χ1n) is 8.33. The van der Waals surface area contributed by atoms with E-state index in [1.165, 1.54) is 51.0 Å². The Bertz CT molecular complexity index is 427. The van der Waals surface area contributed by atoms with Crippen LogP contribution in [0, 0.1) is 11.7 Å². The van der Waals surface area contributed by atoms with Crippen molar-refractivity contribution in [3.05, 3.63) is 29.6 Å². The van der Waals surface area contributed by atoms with Crippen LogP contribution in [-0.2, 0) is 0 Å². The molecule has 3 heteroatoms. The minimum absolute atomic E-state index is 0.124. The average Bonchev–Trinajstić information content (AvgIpc) is 2.45. The van der Waals surface area contributed by atoms with Crippen LogP contribution >= 0.6 is 0 Å². The lowest BCUT2D eigenvalue weighted by molar-refractivity contribution is 0.286. The van der Waals surface area contributed by atoms with Crippen LogP contribution in [0.1, 0.15) is 63.5 Å². The van der Waals surface area contributed by atoms with Crippen molar-refractivity contribution in [2.75, 3.05) is 13.7 Å². The molecule has 2 nitrogen and oxygen atoms in total. The lowest BCUT2D eigenvalue weighted by Crippen LogP contribution is -2.29. The predicted molar refractivity (Wildman–Crippen MR) is 85.2 cm³/mol. The molecule has 1 aliphatic rings. The number of ether oxygens (including phenoxy) is 1. The molecule has 1 fully saturated rings. The second-order valence-electron chi connectivity index (χ2n) is 6.03. The predicted octanol–water partition coefficient (Wildman–Crippen LogP) is 4.85. The van der Waals surface area contributed by atoms with Gasteiger partial charge in [-0.2, -0.15) is 0 Å². The van der Waals surface area contributed by atoms with Crippen molar-refractivity contribution >= 4 is 0 Å². The van der Waals surface area contributed by atoms with E-state index in [0.29, 0.717) is 11.7 Å². The zero-order chi connectivity index (χ0) is 15.1. The zero-order valence-corrected chi connectivity index (χ0v) is 13.3. The number of halogens is 1. The van der Waals surface area contributed by atoms with Crippen LogP contribution in [0.15, 0.2) is 18.2 Å². The summed E-state index contributed by atoms with van der Waals surface area (Å²) in [7, 11) is 1.57. The van der Waals surface area contributed by atoms with Gasteiger partial charge in [-0.05, 0) is 31.4 Å². The van der Waals surface area contributed by atoms with E-state index in [1.54, 1.807) is 7.11 Å². The van der Waals surface area contributed by atoms with Crippen molar-refractivity contribution < 1.29 is 9.13 Å². The van der Waals surface area contributed by atoms with E-state index in [9.17, 15) is 4.39 Å². The smallest absolute Gasteiger partial charge is 0.131 e. The molecule has 0 spiro atoms. The van der Waals surface area contributed by atoms with Crippen LogP contribution in [0.2, 0.25) is 0 Å². The number of nitrogens with one attached hydrogen (secondary N) is 1. The SMILES string of the molecule is CCNC(c1ccc(OC)cc1F)C1CCCCCCC1. The quantitative estimate of drug-likeness (QED) is 0.838. The number of rotatable bonds is 5. The van der Waals surface area contributed by atoms with E-state index in [-0.39, 0.29) is 11.9 Å². The maximum atomic E-state index is 14.4. The van der Waals surface area contributed by atoms with E-state index in [4.69, 9.17) is 4.74 Å². The molecule has 0 saturated heterocycles. The summed E-state index contributed by atoms with van der Waals surface area (Å²) in [6.45, 7) is 2.96. The molecule has 1 N–H and O–H groups in total. The van der Waals surface area contributed by atoms with Gasteiger partial charge in [0.15, 0.2) is 0 Å². The molecule has 1 atom stereocenters. The van der Waals surface area contributed by atoms with Crippen LogP contribution in [-0.4, -0.2) is 13.7 Å². The van der Waals surface area contributed by atoms with E-state index in [2.05, 4.69) is 12.2 Å². The first-order chi connectivity index (χ1) is 10.3. The summed E-state index contributed by atoms with van der Waals surface area (Å²) in [5.74, 6) is 0.972. The Morgan fingerprint density at radius 1 is 1.19 bits per heavy atom. The molecule has 0 amide bonds. The largest absolute Gasteiger partial charge is 0.497 e. The van der Waals surface area contributed by atoms with Gasteiger partial charge in [-0.15, -0.1) is 0 Å². The third kappa shape index (κ3) is 4.44. The fraction of sp³-hybridized carbons (Fsp3) is 0.667. The number of benzene rings is 1. The molecule has 118 valence electrons. The van der Waals surface area contributed by atoms with E-state index >= 15 is 0 Å². The summed E-state index contributed by atoms with van der Waals surface area (Å²) in [6, 6.07) is 5.38. The molecule has 21 heavy (non-hydrogen) atoms. The van der Waals surface area contributed by atoms with Gasteiger partial charge in [-0.1, -0.05) is 45.1 Å². The molecule has 2 rings (SSSR count). The van der Waals surface area contributed by atoms with Gasteiger partial charge in [-0.3, -0.25) is 0 Å². The Hall–Kier alpha value is -1.09. The fourth-order valence-corrected chi connectivity index (χ4v) is 3.46. The van der Waals surface area contributed by atoms with E-state index in [0.717, 1.165) is 12.1 Å². The summed E-state index contributed by atoms with van der Waals surface area (Å²) >= 11 is 0. The molecule has 1 aliphatic carbocycles. The number of hydrogen-bond acceptors (Lipinski definition) is 2. The first kappa shape index (κ1) is 16.3. The molecular formula is C18H28FNO. The molecule has 0 aliphatic heterocycles.